The van der Waals surface area contributed by atoms with Gasteiger partial charge in [-0.15, -0.1) is 0 Å². The number of hydrogen-bond acceptors (Lipinski definition) is 5. The van der Waals surface area contributed by atoms with Gasteiger partial charge in [0.05, 0.1) is 22.6 Å². The van der Waals surface area contributed by atoms with Crippen molar-refractivity contribution in [3.63, 3.8) is 0 Å². The molecule has 128 valence electrons. The van der Waals surface area contributed by atoms with Gasteiger partial charge in [0.1, 0.15) is 11.6 Å². The first-order valence-corrected chi connectivity index (χ1v) is 8.72. The Hall–Kier alpha value is -2.60. The van der Waals surface area contributed by atoms with Gasteiger partial charge in [0.25, 0.3) is 5.56 Å². The first kappa shape index (κ1) is 15.9. The minimum absolute atomic E-state index is 0.0190. The lowest BCUT2D eigenvalue weighted by Gasteiger charge is -2.32. The van der Waals surface area contributed by atoms with Crippen molar-refractivity contribution >= 4 is 10.9 Å². The van der Waals surface area contributed by atoms with E-state index >= 15 is 0 Å². The summed E-state index contributed by atoms with van der Waals surface area (Å²) in [4.78, 5) is 31.3. The normalized spacial score (nSPS) is 15.9. The SMILES string of the molecule is CCc1ncc2c(n1)CN([C@@H](C)c1nc3ccccc3c(=O)[nH]1)CC2. The fourth-order valence-corrected chi connectivity index (χ4v) is 3.34. The Morgan fingerprint density at radius 2 is 2.12 bits per heavy atom. The van der Waals surface area contributed by atoms with Crippen LogP contribution in [0, 0.1) is 0 Å². The molecule has 1 N–H and O–H groups in total. The lowest BCUT2D eigenvalue weighted by molar-refractivity contribution is 0.181. The Morgan fingerprint density at radius 3 is 2.96 bits per heavy atom. The number of rotatable bonds is 3. The molecule has 0 unspecified atom stereocenters. The zero-order valence-electron chi connectivity index (χ0n) is 14.5. The maximum atomic E-state index is 12.3. The number of nitrogens with zero attached hydrogens (tertiary/aromatic N) is 4. The first-order chi connectivity index (χ1) is 12.2. The predicted molar refractivity (Wildman–Crippen MR) is 96.3 cm³/mol. The number of para-hydroxylation sites is 1. The van der Waals surface area contributed by atoms with Crippen LogP contribution in [-0.2, 0) is 19.4 Å². The van der Waals surface area contributed by atoms with E-state index in [9.17, 15) is 4.79 Å². The smallest absolute Gasteiger partial charge is 0.258 e. The zero-order chi connectivity index (χ0) is 17.4. The predicted octanol–water partition coefficient (Wildman–Crippen LogP) is 2.39. The molecule has 25 heavy (non-hydrogen) atoms. The van der Waals surface area contributed by atoms with Gasteiger partial charge in [0.2, 0.25) is 0 Å². The Labute approximate surface area is 146 Å². The molecule has 1 aromatic carbocycles. The molecule has 1 aliphatic heterocycles. The van der Waals surface area contributed by atoms with Crippen LogP contribution in [0.3, 0.4) is 0 Å². The third-order valence-electron chi connectivity index (χ3n) is 4.92. The number of aryl methyl sites for hydroxylation is 1. The van der Waals surface area contributed by atoms with Crippen LogP contribution in [0.2, 0.25) is 0 Å². The summed E-state index contributed by atoms with van der Waals surface area (Å²) < 4.78 is 0. The number of hydrogen-bond donors (Lipinski definition) is 1. The van der Waals surface area contributed by atoms with Crippen molar-refractivity contribution < 1.29 is 0 Å². The molecule has 0 fully saturated rings. The summed E-state index contributed by atoms with van der Waals surface area (Å²) in [6.45, 7) is 5.80. The number of H-pyrrole nitrogens is 1. The van der Waals surface area contributed by atoms with E-state index < -0.39 is 0 Å². The molecular formula is C19H21N5O. The van der Waals surface area contributed by atoms with Gasteiger partial charge in [-0.2, -0.15) is 0 Å². The van der Waals surface area contributed by atoms with Gasteiger partial charge in [-0.1, -0.05) is 19.1 Å². The second kappa shape index (κ2) is 6.37. The van der Waals surface area contributed by atoms with Gasteiger partial charge in [-0.3, -0.25) is 9.69 Å². The number of aromatic amines is 1. The molecule has 0 aliphatic carbocycles. The maximum Gasteiger partial charge on any atom is 0.258 e. The minimum Gasteiger partial charge on any atom is -0.309 e. The molecule has 0 saturated heterocycles. The van der Waals surface area contributed by atoms with Gasteiger partial charge in [-0.05, 0) is 31.0 Å². The van der Waals surface area contributed by atoms with Crippen molar-refractivity contribution in [2.45, 2.75) is 39.3 Å². The van der Waals surface area contributed by atoms with Crippen molar-refractivity contribution in [2.24, 2.45) is 0 Å². The third kappa shape index (κ3) is 2.93. The van der Waals surface area contributed by atoms with Crippen LogP contribution in [0.1, 0.15) is 42.8 Å². The van der Waals surface area contributed by atoms with Crippen LogP contribution in [0.4, 0.5) is 0 Å². The molecule has 3 heterocycles. The standard InChI is InChI=1S/C19H21N5O/c1-3-17-20-10-13-8-9-24(11-16(13)21-17)12(2)18-22-15-7-5-4-6-14(15)19(25)23-18/h4-7,10,12H,3,8-9,11H2,1-2H3,(H,22,23,25)/t12-/m0/s1. The van der Waals surface area contributed by atoms with Crippen LogP contribution in [0.5, 0.6) is 0 Å². The Balaban J connectivity index is 1.65. The van der Waals surface area contributed by atoms with Gasteiger partial charge in [0, 0.05) is 25.7 Å². The lowest BCUT2D eigenvalue weighted by Crippen LogP contribution is -2.35. The van der Waals surface area contributed by atoms with Crippen molar-refractivity contribution in [1.82, 2.24) is 24.8 Å². The molecule has 1 atom stereocenters. The highest BCUT2D eigenvalue weighted by Crippen LogP contribution is 2.25. The highest BCUT2D eigenvalue weighted by Gasteiger charge is 2.25. The van der Waals surface area contributed by atoms with E-state index in [1.807, 2.05) is 24.4 Å². The van der Waals surface area contributed by atoms with Crippen molar-refractivity contribution in [3.8, 4) is 0 Å². The molecule has 4 rings (SSSR count). The van der Waals surface area contributed by atoms with Gasteiger partial charge >= 0.3 is 0 Å². The zero-order valence-corrected chi connectivity index (χ0v) is 14.5. The van der Waals surface area contributed by atoms with E-state index in [1.165, 1.54) is 5.56 Å². The highest BCUT2D eigenvalue weighted by atomic mass is 16.1. The molecule has 6 heteroatoms. The van der Waals surface area contributed by atoms with E-state index in [4.69, 9.17) is 0 Å². The molecule has 6 nitrogen and oxygen atoms in total. The van der Waals surface area contributed by atoms with Crippen LogP contribution < -0.4 is 5.56 Å². The summed E-state index contributed by atoms with van der Waals surface area (Å²) in [7, 11) is 0. The molecule has 0 bridgehead atoms. The van der Waals surface area contributed by atoms with E-state index in [-0.39, 0.29) is 11.6 Å². The maximum absolute atomic E-state index is 12.3. The number of nitrogens with one attached hydrogen (secondary N) is 1. The topological polar surface area (TPSA) is 74.8 Å². The average molecular weight is 335 g/mol. The summed E-state index contributed by atoms with van der Waals surface area (Å²) >= 11 is 0. The Kier molecular flexibility index (Phi) is 4.05. The quantitative estimate of drug-likeness (QED) is 0.795. The van der Waals surface area contributed by atoms with E-state index in [0.29, 0.717) is 11.2 Å². The number of aromatic nitrogens is 4. The Bertz CT molecular complexity index is 981. The largest absolute Gasteiger partial charge is 0.309 e. The van der Waals surface area contributed by atoms with Crippen molar-refractivity contribution in [3.05, 3.63) is 63.7 Å². The minimum atomic E-state index is -0.0829. The molecule has 0 spiro atoms. The first-order valence-electron chi connectivity index (χ1n) is 8.72. The van der Waals surface area contributed by atoms with E-state index in [0.717, 1.165) is 43.0 Å². The second-order valence-corrected chi connectivity index (χ2v) is 6.48. The van der Waals surface area contributed by atoms with Gasteiger partial charge in [-0.25, -0.2) is 15.0 Å². The molecule has 0 radical (unpaired) electrons. The van der Waals surface area contributed by atoms with Crippen molar-refractivity contribution in [1.29, 1.82) is 0 Å². The van der Waals surface area contributed by atoms with Crippen LogP contribution in [0.15, 0.2) is 35.3 Å². The molecular weight excluding hydrogens is 314 g/mol. The molecule has 1 aliphatic rings. The number of fused-ring (bicyclic) bond motifs is 2. The number of benzene rings is 1. The molecule has 0 saturated carbocycles. The summed E-state index contributed by atoms with van der Waals surface area (Å²) in [5.74, 6) is 1.59. The summed E-state index contributed by atoms with van der Waals surface area (Å²) in [5.41, 5.74) is 2.97. The van der Waals surface area contributed by atoms with E-state index in [2.05, 4.69) is 38.7 Å². The fraction of sp³-hybridized carbons (Fsp3) is 0.368. The molecule has 2 aromatic heterocycles. The highest BCUT2D eigenvalue weighted by molar-refractivity contribution is 5.77. The Morgan fingerprint density at radius 1 is 1.28 bits per heavy atom. The average Bonchev–Trinajstić information content (AvgIpc) is 2.66. The monoisotopic (exact) mass is 335 g/mol. The summed E-state index contributed by atoms with van der Waals surface area (Å²) in [6.07, 6.45) is 3.71. The van der Waals surface area contributed by atoms with E-state index in [1.54, 1.807) is 6.07 Å². The fourth-order valence-electron chi connectivity index (χ4n) is 3.34. The van der Waals surface area contributed by atoms with Gasteiger partial charge in [0.15, 0.2) is 0 Å². The molecule has 3 aromatic rings. The van der Waals surface area contributed by atoms with Gasteiger partial charge < -0.3 is 4.98 Å². The second-order valence-electron chi connectivity index (χ2n) is 6.48. The summed E-state index contributed by atoms with van der Waals surface area (Å²) in [5, 5.41) is 0.628. The van der Waals surface area contributed by atoms with Crippen molar-refractivity contribution in [2.75, 3.05) is 6.54 Å². The summed E-state index contributed by atoms with van der Waals surface area (Å²) in [6, 6.07) is 7.46. The third-order valence-corrected chi connectivity index (χ3v) is 4.92. The lowest BCUT2D eigenvalue weighted by atomic mass is 10.0. The van der Waals surface area contributed by atoms with Crippen LogP contribution in [0.25, 0.3) is 10.9 Å². The molecule has 0 amide bonds. The van der Waals surface area contributed by atoms with Crippen LogP contribution >= 0.6 is 0 Å². The van der Waals surface area contributed by atoms with Crippen LogP contribution in [-0.4, -0.2) is 31.4 Å².